The number of rotatable bonds is 2. The monoisotopic (exact) mass is 478 g/mol. The Hall–Kier alpha value is -4.94. The molecule has 0 heterocycles. The Morgan fingerprint density at radius 3 is 1.45 bits per heavy atom. The van der Waals surface area contributed by atoms with Crippen LogP contribution >= 0.6 is 0 Å². The van der Waals surface area contributed by atoms with E-state index < -0.39 is 0 Å². The van der Waals surface area contributed by atoms with Gasteiger partial charge in [-0.25, -0.2) is 0 Å². The Morgan fingerprint density at radius 2 is 0.789 bits per heavy atom. The van der Waals surface area contributed by atoms with Gasteiger partial charge in [-0.2, -0.15) is 0 Å². The molecule has 0 saturated carbocycles. The Bertz CT molecular complexity index is 2290. The van der Waals surface area contributed by atoms with E-state index >= 15 is 0 Å². The fraction of sp³-hybridized carbons (Fsp3) is 0. The van der Waals surface area contributed by atoms with E-state index in [0.717, 1.165) is 0 Å². The minimum Gasteiger partial charge on any atom is -0.0622 e. The SMILES string of the molecule is c1ccc(-c2cc3ccc4cccc5ccc(c2-c2ccc6ccc7cccc8ccc2c6c78)c3c45)cc1. The van der Waals surface area contributed by atoms with E-state index in [1.807, 2.05) is 0 Å². The Labute approximate surface area is 220 Å². The molecular weight excluding hydrogens is 456 g/mol. The largest absolute Gasteiger partial charge is 0.0622 e. The van der Waals surface area contributed by atoms with Gasteiger partial charge in [-0.05, 0) is 93.0 Å². The van der Waals surface area contributed by atoms with Crippen molar-refractivity contribution in [2.75, 3.05) is 0 Å². The highest BCUT2D eigenvalue weighted by Crippen LogP contribution is 2.47. The van der Waals surface area contributed by atoms with Gasteiger partial charge in [0.1, 0.15) is 0 Å². The molecule has 0 nitrogen and oxygen atoms in total. The van der Waals surface area contributed by atoms with Crippen LogP contribution in [0.1, 0.15) is 0 Å². The molecule has 0 unspecified atom stereocenters. The van der Waals surface area contributed by atoms with Gasteiger partial charge in [0.25, 0.3) is 0 Å². The zero-order chi connectivity index (χ0) is 24.8. The van der Waals surface area contributed by atoms with Crippen molar-refractivity contribution in [3.63, 3.8) is 0 Å². The zero-order valence-corrected chi connectivity index (χ0v) is 20.7. The molecule has 0 radical (unpaired) electrons. The predicted molar refractivity (Wildman–Crippen MR) is 165 cm³/mol. The maximum atomic E-state index is 2.41. The van der Waals surface area contributed by atoms with Crippen molar-refractivity contribution in [3.05, 3.63) is 133 Å². The van der Waals surface area contributed by atoms with Crippen molar-refractivity contribution in [3.8, 4) is 22.3 Å². The van der Waals surface area contributed by atoms with Gasteiger partial charge < -0.3 is 0 Å². The second-order valence-electron chi connectivity index (χ2n) is 10.5. The summed E-state index contributed by atoms with van der Waals surface area (Å²) < 4.78 is 0. The maximum absolute atomic E-state index is 2.41. The van der Waals surface area contributed by atoms with E-state index in [1.165, 1.54) is 86.9 Å². The lowest BCUT2D eigenvalue weighted by atomic mass is 9.82. The molecule has 0 heteroatoms. The van der Waals surface area contributed by atoms with Crippen LogP contribution in [0.3, 0.4) is 0 Å². The van der Waals surface area contributed by atoms with E-state index in [2.05, 4.69) is 133 Å². The van der Waals surface area contributed by atoms with Gasteiger partial charge in [-0.15, -0.1) is 0 Å². The van der Waals surface area contributed by atoms with Gasteiger partial charge in [0.2, 0.25) is 0 Å². The minimum absolute atomic E-state index is 1.25. The van der Waals surface area contributed by atoms with E-state index in [-0.39, 0.29) is 0 Å². The van der Waals surface area contributed by atoms with Gasteiger partial charge in [-0.1, -0.05) is 127 Å². The molecule has 0 aliphatic rings. The lowest BCUT2D eigenvalue weighted by molar-refractivity contribution is 1.64. The molecule has 38 heavy (non-hydrogen) atoms. The molecule has 0 fully saturated rings. The van der Waals surface area contributed by atoms with Crippen molar-refractivity contribution in [1.82, 2.24) is 0 Å². The summed E-state index contributed by atoms with van der Waals surface area (Å²) in [7, 11) is 0. The molecule has 0 aliphatic heterocycles. The normalized spacial score (nSPS) is 12.2. The summed E-state index contributed by atoms with van der Waals surface area (Å²) in [5, 5.41) is 15.9. The zero-order valence-electron chi connectivity index (χ0n) is 20.7. The van der Waals surface area contributed by atoms with E-state index in [0.29, 0.717) is 0 Å². The van der Waals surface area contributed by atoms with E-state index in [1.54, 1.807) is 0 Å². The molecular formula is C38H22. The molecule has 9 aromatic rings. The molecule has 0 N–H and O–H groups in total. The summed E-state index contributed by atoms with van der Waals surface area (Å²) in [4.78, 5) is 0. The van der Waals surface area contributed by atoms with Gasteiger partial charge >= 0.3 is 0 Å². The summed E-state index contributed by atoms with van der Waals surface area (Å²) in [5.41, 5.74) is 5.15. The highest BCUT2D eigenvalue weighted by molar-refractivity contribution is 6.30. The highest BCUT2D eigenvalue weighted by atomic mass is 14.2. The summed E-state index contributed by atoms with van der Waals surface area (Å²) in [6.45, 7) is 0. The van der Waals surface area contributed by atoms with Crippen molar-refractivity contribution >= 4 is 64.6 Å². The summed E-state index contributed by atoms with van der Waals surface area (Å²) in [5.74, 6) is 0. The van der Waals surface area contributed by atoms with Crippen LogP contribution in [0.15, 0.2) is 133 Å². The van der Waals surface area contributed by atoms with Crippen molar-refractivity contribution in [2.45, 2.75) is 0 Å². The number of hydrogen-bond acceptors (Lipinski definition) is 0. The highest BCUT2D eigenvalue weighted by Gasteiger charge is 2.20. The molecule has 9 rings (SSSR count). The van der Waals surface area contributed by atoms with Gasteiger partial charge in [0.05, 0.1) is 0 Å². The van der Waals surface area contributed by atoms with Crippen LogP contribution in [-0.2, 0) is 0 Å². The second kappa shape index (κ2) is 7.31. The van der Waals surface area contributed by atoms with Crippen molar-refractivity contribution in [2.24, 2.45) is 0 Å². The standard InChI is InChI=1S/C38H22/c1-2-6-23(7-3-1)33-22-29-15-14-25-9-5-11-27-18-21-32(37(29)35(25)27)38(33)31-20-17-28-13-12-24-8-4-10-26-16-19-30(31)36(28)34(24)26/h1-22H. The van der Waals surface area contributed by atoms with Gasteiger partial charge in [-0.3, -0.25) is 0 Å². The molecule has 0 aliphatic carbocycles. The summed E-state index contributed by atoms with van der Waals surface area (Å²) >= 11 is 0. The first-order valence-corrected chi connectivity index (χ1v) is 13.3. The molecule has 0 amide bonds. The predicted octanol–water partition coefficient (Wildman–Crippen LogP) is 10.8. The first-order valence-electron chi connectivity index (χ1n) is 13.3. The fourth-order valence-electron chi connectivity index (χ4n) is 6.90. The Balaban J connectivity index is 1.52. The first-order chi connectivity index (χ1) is 18.8. The van der Waals surface area contributed by atoms with E-state index in [4.69, 9.17) is 0 Å². The summed E-state index contributed by atoms with van der Waals surface area (Å²) in [6.07, 6.45) is 0. The van der Waals surface area contributed by atoms with Crippen LogP contribution in [0.2, 0.25) is 0 Å². The first kappa shape index (κ1) is 20.2. The van der Waals surface area contributed by atoms with E-state index in [9.17, 15) is 0 Å². The van der Waals surface area contributed by atoms with Crippen molar-refractivity contribution in [1.29, 1.82) is 0 Å². The molecule has 0 aromatic heterocycles. The Morgan fingerprint density at radius 1 is 0.289 bits per heavy atom. The van der Waals surface area contributed by atoms with Crippen LogP contribution in [0.25, 0.3) is 86.9 Å². The minimum atomic E-state index is 1.25. The van der Waals surface area contributed by atoms with Crippen LogP contribution < -0.4 is 0 Å². The summed E-state index contributed by atoms with van der Waals surface area (Å²) in [6, 6.07) is 49.6. The third-order valence-corrected chi connectivity index (χ3v) is 8.53. The third-order valence-electron chi connectivity index (χ3n) is 8.53. The average Bonchev–Trinajstić information content (AvgIpc) is 2.99. The molecule has 0 atom stereocenters. The van der Waals surface area contributed by atoms with Crippen molar-refractivity contribution < 1.29 is 0 Å². The average molecular weight is 479 g/mol. The fourth-order valence-corrected chi connectivity index (χ4v) is 6.90. The quantitative estimate of drug-likeness (QED) is 0.217. The second-order valence-corrected chi connectivity index (χ2v) is 10.5. The molecule has 0 spiro atoms. The molecule has 0 saturated heterocycles. The van der Waals surface area contributed by atoms with Gasteiger partial charge in [0, 0.05) is 0 Å². The van der Waals surface area contributed by atoms with Crippen LogP contribution in [-0.4, -0.2) is 0 Å². The maximum Gasteiger partial charge on any atom is -0.00199 e. The van der Waals surface area contributed by atoms with Crippen LogP contribution in [0, 0.1) is 0 Å². The van der Waals surface area contributed by atoms with Crippen LogP contribution in [0.5, 0.6) is 0 Å². The topological polar surface area (TPSA) is 0 Å². The van der Waals surface area contributed by atoms with Crippen LogP contribution in [0.4, 0.5) is 0 Å². The Kier molecular flexibility index (Phi) is 3.88. The number of hydrogen-bond donors (Lipinski definition) is 0. The molecule has 9 aromatic carbocycles. The third kappa shape index (κ3) is 2.59. The number of benzene rings is 9. The van der Waals surface area contributed by atoms with Gasteiger partial charge in [0.15, 0.2) is 0 Å². The molecule has 0 bridgehead atoms. The lowest BCUT2D eigenvalue weighted by Gasteiger charge is -2.21. The molecule has 174 valence electrons. The smallest absolute Gasteiger partial charge is 0.00199 e. The lowest BCUT2D eigenvalue weighted by Crippen LogP contribution is -1.93.